The SMILES string of the molecule is O=C(c1ccccc1-c1ccccc1)c1ccccc1C(F)(F)F. The summed E-state index contributed by atoms with van der Waals surface area (Å²) in [5.74, 6) is -0.637. The van der Waals surface area contributed by atoms with Gasteiger partial charge < -0.3 is 0 Å². The molecule has 0 spiro atoms. The highest BCUT2D eigenvalue weighted by Gasteiger charge is 2.35. The Morgan fingerprint density at radius 2 is 1.21 bits per heavy atom. The smallest absolute Gasteiger partial charge is 0.289 e. The Kier molecular flexibility index (Phi) is 4.21. The van der Waals surface area contributed by atoms with Gasteiger partial charge in [-0.05, 0) is 17.2 Å². The molecule has 0 atom stereocenters. The summed E-state index contributed by atoms with van der Waals surface area (Å²) in [7, 11) is 0. The molecule has 0 heterocycles. The summed E-state index contributed by atoms with van der Waals surface area (Å²) in [5, 5.41) is 0. The van der Waals surface area contributed by atoms with Crippen LogP contribution in [0.2, 0.25) is 0 Å². The standard InChI is InChI=1S/C20H13F3O/c21-20(22,23)18-13-7-6-12-17(18)19(24)16-11-5-4-10-15(16)14-8-2-1-3-9-14/h1-13H. The van der Waals surface area contributed by atoms with Crippen LogP contribution in [0.25, 0.3) is 11.1 Å². The molecule has 3 aromatic rings. The van der Waals surface area contributed by atoms with Gasteiger partial charge in [-0.2, -0.15) is 13.2 Å². The third kappa shape index (κ3) is 3.08. The van der Waals surface area contributed by atoms with Gasteiger partial charge >= 0.3 is 6.18 Å². The summed E-state index contributed by atoms with van der Waals surface area (Å²) in [6, 6.07) is 20.7. The summed E-state index contributed by atoms with van der Waals surface area (Å²) < 4.78 is 39.6. The van der Waals surface area contributed by atoms with E-state index in [1.165, 1.54) is 18.2 Å². The van der Waals surface area contributed by atoms with E-state index in [0.29, 0.717) is 5.56 Å². The monoisotopic (exact) mass is 326 g/mol. The first-order valence-corrected chi connectivity index (χ1v) is 7.34. The summed E-state index contributed by atoms with van der Waals surface area (Å²) in [4.78, 5) is 12.8. The van der Waals surface area contributed by atoms with Crippen LogP contribution in [-0.2, 0) is 6.18 Å². The number of rotatable bonds is 3. The minimum atomic E-state index is -4.58. The average molecular weight is 326 g/mol. The van der Waals surface area contributed by atoms with Gasteiger partial charge in [0.1, 0.15) is 0 Å². The highest BCUT2D eigenvalue weighted by Crippen LogP contribution is 2.34. The van der Waals surface area contributed by atoms with Crippen molar-refractivity contribution in [3.63, 3.8) is 0 Å². The zero-order chi connectivity index (χ0) is 17.2. The van der Waals surface area contributed by atoms with E-state index in [4.69, 9.17) is 0 Å². The molecule has 120 valence electrons. The number of hydrogen-bond acceptors (Lipinski definition) is 1. The van der Waals surface area contributed by atoms with Crippen molar-refractivity contribution in [2.45, 2.75) is 6.18 Å². The molecule has 0 amide bonds. The molecule has 0 aliphatic heterocycles. The predicted octanol–water partition coefficient (Wildman–Crippen LogP) is 5.60. The first kappa shape index (κ1) is 16.0. The van der Waals surface area contributed by atoms with E-state index < -0.39 is 17.5 Å². The van der Waals surface area contributed by atoms with Gasteiger partial charge in [0.05, 0.1) is 5.56 Å². The molecule has 1 nitrogen and oxygen atoms in total. The highest BCUT2D eigenvalue weighted by molar-refractivity contribution is 6.13. The Bertz CT molecular complexity index is 867. The lowest BCUT2D eigenvalue weighted by atomic mass is 9.92. The van der Waals surface area contributed by atoms with Gasteiger partial charge in [-0.25, -0.2) is 0 Å². The summed E-state index contributed by atoms with van der Waals surface area (Å²) >= 11 is 0. The molecule has 0 N–H and O–H groups in total. The number of benzene rings is 3. The molecule has 0 aliphatic carbocycles. The van der Waals surface area contributed by atoms with E-state index in [1.807, 2.05) is 30.3 Å². The molecule has 0 saturated heterocycles. The number of ketones is 1. The van der Waals surface area contributed by atoms with E-state index in [1.54, 1.807) is 24.3 Å². The molecule has 0 unspecified atom stereocenters. The molecule has 0 radical (unpaired) electrons. The predicted molar refractivity (Wildman–Crippen MR) is 86.8 cm³/mol. The molecule has 24 heavy (non-hydrogen) atoms. The number of alkyl halides is 3. The van der Waals surface area contributed by atoms with Crippen LogP contribution < -0.4 is 0 Å². The molecule has 0 aliphatic rings. The molecule has 3 rings (SSSR count). The molecule has 3 aromatic carbocycles. The summed E-state index contributed by atoms with van der Waals surface area (Å²) in [5.41, 5.74) is 0.387. The third-order valence-corrected chi connectivity index (χ3v) is 3.73. The maximum atomic E-state index is 13.2. The van der Waals surface area contributed by atoms with Crippen molar-refractivity contribution < 1.29 is 18.0 Å². The van der Waals surface area contributed by atoms with Crippen molar-refractivity contribution in [2.24, 2.45) is 0 Å². The molecular formula is C20H13F3O. The van der Waals surface area contributed by atoms with E-state index in [9.17, 15) is 18.0 Å². The van der Waals surface area contributed by atoms with Gasteiger partial charge in [-0.1, -0.05) is 72.8 Å². The van der Waals surface area contributed by atoms with Gasteiger partial charge in [0.25, 0.3) is 0 Å². The van der Waals surface area contributed by atoms with Gasteiger partial charge in [-0.3, -0.25) is 4.79 Å². The number of hydrogen-bond donors (Lipinski definition) is 0. The maximum absolute atomic E-state index is 13.2. The van der Waals surface area contributed by atoms with Crippen LogP contribution >= 0.6 is 0 Å². The van der Waals surface area contributed by atoms with Crippen molar-refractivity contribution in [2.75, 3.05) is 0 Å². The molecule has 0 saturated carbocycles. The molecule has 0 aromatic heterocycles. The fourth-order valence-corrected chi connectivity index (χ4v) is 2.62. The fourth-order valence-electron chi connectivity index (χ4n) is 2.62. The van der Waals surface area contributed by atoms with Crippen molar-refractivity contribution in [1.82, 2.24) is 0 Å². The van der Waals surface area contributed by atoms with Crippen LogP contribution in [-0.4, -0.2) is 5.78 Å². The molecule has 4 heteroatoms. The first-order valence-electron chi connectivity index (χ1n) is 7.34. The topological polar surface area (TPSA) is 17.1 Å². The lowest BCUT2D eigenvalue weighted by Gasteiger charge is -2.14. The third-order valence-electron chi connectivity index (χ3n) is 3.73. The van der Waals surface area contributed by atoms with E-state index in [2.05, 4.69) is 0 Å². The maximum Gasteiger partial charge on any atom is 0.417 e. The van der Waals surface area contributed by atoms with Gasteiger partial charge in [0.15, 0.2) is 5.78 Å². The zero-order valence-corrected chi connectivity index (χ0v) is 12.5. The van der Waals surface area contributed by atoms with Crippen LogP contribution in [0.4, 0.5) is 13.2 Å². The second-order valence-electron chi connectivity index (χ2n) is 5.28. The molecular weight excluding hydrogens is 313 g/mol. The van der Waals surface area contributed by atoms with E-state index >= 15 is 0 Å². The van der Waals surface area contributed by atoms with Crippen molar-refractivity contribution in [1.29, 1.82) is 0 Å². The van der Waals surface area contributed by atoms with Gasteiger partial charge in [0, 0.05) is 11.1 Å². The van der Waals surface area contributed by atoms with Crippen molar-refractivity contribution in [3.8, 4) is 11.1 Å². The van der Waals surface area contributed by atoms with E-state index in [-0.39, 0.29) is 11.1 Å². The average Bonchev–Trinajstić information content (AvgIpc) is 2.61. The first-order chi connectivity index (χ1) is 11.5. The van der Waals surface area contributed by atoms with Gasteiger partial charge in [-0.15, -0.1) is 0 Å². The van der Waals surface area contributed by atoms with Crippen LogP contribution in [0, 0.1) is 0 Å². The van der Waals surface area contributed by atoms with Crippen LogP contribution in [0.3, 0.4) is 0 Å². The number of carbonyl (C=O) groups is 1. The van der Waals surface area contributed by atoms with Crippen LogP contribution in [0.5, 0.6) is 0 Å². The minimum absolute atomic E-state index is 0.250. The van der Waals surface area contributed by atoms with Crippen molar-refractivity contribution >= 4 is 5.78 Å². The number of halogens is 3. The zero-order valence-electron chi connectivity index (χ0n) is 12.5. The Balaban J connectivity index is 2.14. The van der Waals surface area contributed by atoms with Crippen molar-refractivity contribution in [3.05, 3.63) is 95.6 Å². The minimum Gasteiger partial charge on any atom is -0.289 e. The Hall–Kier alpha value is -2.88. The second kappa shape index (κ2) is 6.32. The Labute approximate surface area is 137 Å². The van der Waals surface area contributed by atoms with Crippen LogP contribution in [0.1, 0.15) is 21.5 Å². The van der Waals surface area contributed by atoms with E-state index in [0.717, 1.165) is 11.6 Å². The summed E-state index contributed by atoms with van der Waals surface area (Å²) in [6.07, 6.45) is -4.58. The second-order valence-corrected chi connectivity index (χ2v) is 5.28. The number of carbonyl (C=O) groups excluding carboxylic acids is 1. The normalized spacial score (nSPS) is 11.3. The fraction of sp³-hybridized carbons (Fsp3) is 0.0500. The van der Waals surface area contributed by atoms with Crippen LogP contribution in [0.15, 0.2) is 78.9 Å². The quantitative estimate of drug-likeness (QED) is 0.572. The highest BCUT2D eigenvalue weighted by atomic mass is 19.4. The lowest BCUT2D eigenvalue weighted by molar-refractivity contribution is -0.137. The molecule has 0 fully saturated rings. The Morgan fingerprint density at radius 1 is 0.667 bits per heavy atom. The van der Waals surface area contributed by atoms with Gasteiger partial charge in [0.2, 0.25) is 0 Å². The summed E-state index contributed by atoms with van der Waals surface area (Å²) in [6.45, 7) is 0. The lowest BCUT2D eigenvalue weighted by Crippen LogP contribution is -2.14. The largest absolute Gasteiger partial charge is 0.417 e. The molecule has 0 bridgehead atoms. The Morgan fingerprint density at radius 3 is 1.88 bits per heavy atom.